The molecular formula is C21H26N2O2. The van der Waals surface area contributed by atoms with Gasteiger partial charge in [0.25, 0.3) is 0 Å². The molecule has 132 valence electrons. The van der Waals surface area contributed by atoms with Crippen molar-refractivity contribution in [2.24, 2.45) is 0 Å². The van der Waals surface area contributed by atoms with Crippen LogP contribution in [-0.2, 0) is 21.4 Å². The van der Waals surface area contributed by atoms with Crippen LogP contribution in [0, 0.1) is 0 Å². The molecule has 25 heavy (non-hydrogen) atoms. The smallest absolute Gasteiger partial charge is 0.316 e. The molecule has 1 aliphatic heterocycles. The highest BCUT2D eigenvalue weighted by atomic mass is 16.5. The predicted molar refractivity (Wildman–Crippen MR) is 98.4 cm³/mol. The van der Waals surface area contributed by atoms with Crippen LogP contribution in [0.3, 0.4) is 0 Å². The fraction of sp³-hybridized carbons (Fsp3) is 0.429. The molecule has 4 heteroatoms. The summed E-state index contributed by atoms with van der Waals surface area (Å²) in [6.45, 7) is 5.15. The van der Waals surface area contributed by atoms with Gasteiger partial charge in [-0.25, -0.2) is 0 Å². The minimum atomic E-state index is -0.496. The van der Waals surface area contributed by atoms with E-state index in [1.165, 1.54) is 5.56 Å². The number of rotatable bonds is 6. The maximum atomic E-state index is 12.8. The van der Waals surface area contributed by atoms with Gasteiger partial charge in [0.1, 0.15) is 0 Å². The van der Waals surface area contributed by atoms with E-state index in [2.05, 4.69) is 34.1 Å². The van der Waals surface area contributed by atoms with Crippen LogP contribution in [0.25, 0.3) is 0 Å². The number of aromatic nitrogens is 1. The van der Waals surface area contributed by atoms with Crippen LogP contribution < -0.4 is 0 Å². The van der Waals surface area contributed by atoms with Crippen molar-refractivity contribution in [2.45, 2.75) is 31.6 Å². The Morgan fingerprint density at radius 1 is 1.12 bits per heavy atom. The first-order valence-corrected chi connectivity index (χ1v) is 9.08. The zero-order valence-electron chi connectivity index (χ0n) is 14.9. The third-order valence-electron chi connectivity index (χ3n) is 5.17. The molecule has 0 unspecified atom stereocenters. The summed E-state index contributed by atoms with van der Waals surface area (Å²) in [7, 11) is 0. The van der Waals surface area contributed by atoms with Crippen LogP contribution in [0.5, 0.6) is 0 Å². The van der Waals surface area contributed by atoms with E-state index in [4.69, 9.17) is 4.74 Å². The molecule has 1 saturated heterocycles. The van der Waals surface area contributed by atoms with E-state index in [0.29, 0.717) is 6.61 Å². The molecule has 0 atom stereocenters. The summed E-state index contributed by atoms with van der Waals surface area (Å²) in [5, 5.41) is 0. The number of pyridine rings is 1. The Hall–Kier alpha value is -2.20. The third kappa shape index (κ3) is 4.07. The maximum Gasteiger partial charge on any atom is 0.316 e. The second-order valence-corrected chi connectivity index (χ2v) is 6.62. The van der Waals surface area contributed by atoms with Crippen LogP contribution in [0.2, 0.25) is 0 Å². The number of esters is 1. The first kappa shape index (κ1) is 17.6. The van der Waals surface area contributed by atoms with Gasteiger partial charge in [-0.3, -0.25) is 9.78 Å². The average Bonchev–Trinajstić information content (AvgIpc) is 2.68. The van der Waals surface area contributed by atoms with Gasteiger partial charge in [-0.05, 0) is 62.5 Å². The summed E-state index contributed by atoms with van der Waals surface area (Å²) in [6, 6.07) is 14.3. The Morgan fingerprint density at radius 3 is 2.44 bits per heavy atom. The van der Waals surface area contributed by atoms with E-state index in [0.717, 1.165) is 44.5 Å². The fourth-order valence-electron chi connectivity index (χ4n) is 3.63. The van der Waals surface area contributed by atoms with Crippen molar-refractivity contribution >= 4 is 5.97 Å². The first-order chi connectivity index (χ1) is 12.2. The molecule has 1 aromatic carbocycles. The van der Waals surface area contributed by atoms with E-state index < -0.39 is 5.41 Å². The Labute approximate surface area is 149 Å². The Kier molecular flexibility index (Phi) is 5.82. The Bertz CT molecular complexity index is 665. The number of likely N-dealkylation sites (tertiary alicyclic amines) is 1. The van der Waals surface area contributed by atoms with Crippen LogP contribution in [0.15, 0.2) is 54.9 Å². The fourth-order valence-corrected chi connectivity index (χ4v) is 3.63. The van der Waals surface area contributed by atoms with E-state index in [-0.39, 0.29) is 5.97 Å². The van der Waals surface area contributed by atoms with Crippen molar-refractivity contribution in [1.29, 1.82) is 0 Å². The van der Waals surface area contributed by atoms with Crippen LogP contribution >= 0.6 is 0 Å². The molecular weight excluding hydrogens is 312 g/mol. The zero-order valence-corrected chi connectivity index (χ0v) is 14.9. The topological polar surface area (TPSA) is 42.4 Å². The Balaban J connectivity index is 1.66. The SMILES string of the molecule is CCOC(=O)C1(c2ccccc2)CCN(CCc2ccncc2)CC1. The maximum absolute atomic E-state index is 12.8. The second kappa shape index (κ2) is 8.26. The summed E-state index contributed by atoms with van der Waals surface area (Å²) < 4.78 is 5.44. The van der Waals surface area contributed by atoms with Gasteiger partial charge < -0.3 is 9.64 Å². The first-order valence-electron chi connectivity index (χ1n) is 9.08. The van der Waals surface area contributed by atoms with E-state index in [1.54, 1.807) is 0 Å². The van der Waals surface area contributed by atoms with Gasteiger partial charge in [-0.15, -0.1) is 0 Å². The molecule has 4 nitrogen and oxygen atoms in total. The second-order valence-electron chi connectivity index (χ2n) is 6.62. The summed E-state index contributed by atoms with van der Waals surface area (Å²) in [4.78, 5) is 19.3. The van der Waals surface area contributed by atoms with Gasteiger partial charge in [0.2, 0.25) is 0 Å². The number of hydrogen-bond donors (Lipinski definition) is 0. The molecule has 1 fully saturated rings. The average molecular weight is 338 g/mol. The van der Waals surface area contributed by atoms with Crippen molar-refractivity contribution in [3.63, 3.8) is 0 Å². The van der Waals surface area contributed by atoms with Crippen molar-refractivity contribution < 1.29 is 9.53 Å². The van der Waals surface area contributed by atoms with Gasteiger partial charge >= 0.3 is 5.97 Å². The quantitative estimate of drug-likeness (QED) is 0.759. The lowest BCUT2D eigenvalue weighted by atomic mass is 9.72. The number of nitrogens with zero attached hydrogens (tertiary/aromatic N) is 2. The van der Waals surface area contributed by atoms with Crippen molar-refractivity contribution in [2.75, 3.05) is 26.2 Å². The van der Waals surface area contributed by atoms with E-state index >= 15 is 0 Å². The molecule has 1 aliphatic rings. The molecule has 2 heterocycles. The van der Waals surface area contributed by atoms with Crippen molar-refractivity contribution in [3.8, 4) is 0 Å². The number of piperidine rings is 1. The third-order valence-corrected chi connectivity index (χ3v) is 5.17. The molecule has 2 aromatic rings. The highest BCUT2D eigenvalue weighted by Crippen LogP contribution is 2.37. The van der Waals surface area contributed by atoms with Crippen molar-refractivity contribution in [1.82, 2.24) is 9.88 Å². The normalized spacial score (nSPS) is 17.2. The van der Waals surface area contributed by atoms with Crippen molar-refractivity contribution in [3.05, 3.63) is 66.0 Å². The summed E-state index contributed by atoms with van der Waals surface area (Å²) in [5.41, 5.74) is 1.90. The highest BCUT2D eigenvalue weighted by Gasteiger charge is 2.43. The molecule has 0 aliphatic carbocycles. The predicted octanol–water partition coefficient (Wildman–Crippen LogP) is 3.22. The van der Waals surface area contributed by atoms with Gasteiger partial charge in [0, 0.05) is 18.9 Å². The summed E-state index contributed by atoms with van der Waals surface area (Å²) in [5.74, 6) is -0.0741. The monoisotopic (exact) mass is 338 g/mol. The minimum absolute atomic E-state index is 0.0741. The lowest BCUT2D eigenvalue weighted by Crippen LogP contribution is -2.48. The lowest BCUT2D eigenvalue weighted by Gasteiger charge is -2.40. The van der Waals surface area contributed by atoms with Gasteiger partial charge in [-0.1, -0.05) is 30.3 Å². The number of carbonyl (C=O) groups is 1. The van der Waals surface area contributed by atoms with Gasteiger partial charge in [-0.2, -0.15) is 0 Å². The van der Waals surface area contributed by atoms with Gasteiger partial charge in [0.15, 0.2) is 0 Å². The van der Waals surface area contributed by atoms with Crippen LogP contribution in [-0.4, -0.2) is 42.1 Å². The van der Waals surface area contributed by atoms with E-state index in [1.807, 2.05) is 37.5 Å². The number of ether oxygens (including phenoxy) is 1. The standard InChI is InChI=1S/C21H26N2O2/c1-2-25-20(24)21(19-6-4-3-5-7-19)11-16-23(17-12-21)15-10-18-8-13-22-14-9-18/h3-9,13-14H,2,10-12,15-17H2,1H3. The molecule has 0 radical (unpaired) electrons. The molecule has 0 amide bonds. The molecule has 0 bridgehead atoms. The van der Waals surface area contributed by atoms with Gasteiger partial charge in [0.05, 0.1) is 12.0 Å². The number of benzene rings is 1. The Morgan fingerprint density at radius 2 is 1.80 bits per heavy atom. The molecule has 1 aromatic heterocycles. The molecule has 0 saturated carbocycles. The zero-order chi connectivity index (χ0) is 17.5. The number of carbonyl (C=O) groups excluding carboxylic acids is 1. The highest BCUT2D eigenvalue weighted by molar-refractivity contribution is 5.83. The summed E-state index contributed by atoms with van der Waals surface area (Å²) >= 11 is 0. The van der Waals surface area contributed by atoms with E-state index in [9.17, 15) is 4.79 Å². The molecule has 3 rings (SSSR count). The molecule has 0 spiro atoms. The largest absolute Gasteiger partial charge is 0.465 e. The molecule has 0 N–H and O–H groups in total. The van der Waals surface area contributed by atoms with Crippen LogP contribution in [0.1, 0.15) is 30.9 Å². The lowest BCUT2D eigenvalue weighted by molar-refractivity contribution is -0.152. The number of hydrogen-bond acceptors (Lipinski definition) is 4. The minimum Gasteiger partial charge on any atom is -0.465 e. The van der Waals surface area contributed by atoms with Crippen LogP contribution in [0.4, 0.5) is 0 Å². The summed E-state index contributed by atoms with van der Waals surface area (Å²) in [6.07, 6.45) is 6.32.